The van der Waals surface area contributed by atoms with Crippen molar-refractivity contribution in [2.45, 2.75) is 37.5 Å². The van der Waals surface area contributed by atoms with Gasteiger partial charge >= 0.3 is 0 Å². The van der Waals surface area contributed by atoms with Crippen molar-refractivity contribution in [2.75, 3.05) is 6.54 Å². The van der Waals surface area contributed by atoms with Gasteiger partial charge in [-0.15, -0.1) is 11.8 Å². The van der Waals surface area contributed by atoms with E-state index in [-0.39, 0.29) is 0 Å². The van der Waals surface area contributed by atoms with E-state index in [4.69, 9.17) is 4.52 Å². The topological polar surface area (TPSA) is 38.1 Å². The van der Waals surface area contributed by atoms with E-state index in [1.54, 1.807) is 11.8 Å². The van der Waals surface area contributed by atoms with Gasteiger partial charge in [-0.05, 0) is 38.1 Å². The number of benzene rings is 1. The Bertz CT molecular complexity index is 524. The first kappa shape index (κ1) is 14.2. The van der Waals surface area contributed by atoms with Crippen molar-refractivity contribution in [3.05, 3.63) is 47.3 Å². The van der Waals surface area contributed by atoms with Crippen molar-refractivity contribution in [3.63, 3.8) is 0 Å². The van der Waals surface area contributed by atoms with Gasteiger partial charge in [-0.1, -0.05) is 24.2 Å². The normalized spacial score (nSPS) is 12.6. The fourth-order valence-electron chi connectivity index (χ4n) is 1.94. The van der Waals surface area contributed by atoms with Crippen molar-refractivity contribution in [1.82, 2.24) is 10.5 Å². The molecule has 0 aliphatic heterocycles. The van der Waals surface area contributed by atoms with Crippen LogP contribution < -0.4 is 5.32 Å². The number of aryl methyl sites for hydroxylation is 1. The first-order valence-electron chi connectivity index (χ1n) is 6.57. The van der Waals surface area contributed by atoms with Gasteiger partial charge in [0.1, 0.15) is 5.76 Å². The molecule has 19 heavy (non-hydrogen) atoms. The van der Waals surface area contributed by atoms with Crippen LogP contribution in [0.3, 0.4) is 0 Å². The maximum Gasteiger partial charge on any atom is 0.133 e. The monoisotopic (exact) mass is 276 g/mol. The van der Waals surface area contributed by atoms with Gasteiger partial charge in [0, 0.05) is 22.8 Å². The highest BCUT2D eigenvalue weighted by atomic mass is 32.2. The van der Waals surface area contributed by atoms with Crippen LogP contribution in [0.1, 0.15) is 36.9 Å². The Labute approximate surface area is 118 Å². The molecule has 0 fully saturated rings. The SMILES string of the molecule is CCNC(C)c1cccc(SCc2cc(C)on2)c1. The molecule has 102 valence electrons. The lowest BCUT2D eigenvalue weighted by Crippen LogP contribution is -2.17. The lowest BCUT2D eigenvalue weighted by atomic mass is 10.1. The molecule has 1 N–H and O–H groups in total. The molecule has 0 aliphatic rings. The Kier molecular flexibility index (Phi) is 5.05. The quantitative estimate of drug-likeness (QED) is 0.811. The number of nitrogens with zero attached hydrogens (tertiary/aromatic N) is 1. The molecule has 1 aromatic carbocycles. The summed E-state index contributed by atoms with van der Waals surface area (Å²) in [5.74, 6) is 1.71. The minimum absolute atomic E-state index is 0.389. The first-order valence-corrected chi connectivity index (χ1v) is 7.56. The molecule has 0 spiro atoms. The fraction of sp³-hybridized carbons (Fsp3) is 0.400. The molecule has 1 unspecified atom stereocenters. The van der Waals surface area contributed by atoms with Gasteiger partial charge < -0.3 is 9.84 Å². The lowest BCUT2D eigenvalue weighted by molar-refractivity contribution is 0.393. The minimum Gasteiger partial charge on any atom is -0.361 e. The molecule has 2 aromatic rings. The molecule has 2 rings (SSSR count). The highest BCUT2D eigenvalue weighted by Gasteiger charge is 2.06. The highest BCUT2D eigenvalue weighted by Crippen LogP contribution is 2.25. The number of rotatable bonds is 6. The van der Waals surface area contributed by atoms with E-state index in [0.717, 1.165) is 23.8 Å². The van der Waals surface area contributed by atoms with E-state index in [9.17, 15) is 0 Å². The molecular formula is C15H20N2OS. The zero-order valence-corrected chi connectivity index (χ0v) is 12.5. The summed E-state index contributed by atoms with van der Waals surface area (Å²) in [7, 11) is 0. The Hall–Kier alpha value is -1.26. The summed E-state index contributed by atoms with van der Waals surface area (Å²) in [5.41, 5.74) is 2.32. The van der Waals surface area contributed by atoms with Crippen molar-refractivity contribution < 1.29 is 4.52 Å². The average Bonchev–Trinajstić information content (AvgIpc) is 2.83. The number of hydrogen-bond acceptors (Lipinski definition) is 4. The highest BCUT2D eigenvalue weighted by molar-refractivity contribution is 7.98. The fourth-order valence-corrected chi connectivity index (χ4v) is 2.79. The summed E-state index contributed by atoms with van der Waals surface area (Å²) in [4.78, 5) is 1.27. The molecule has 1 atom stereocenters. The molecule has 1 aromatic heterocycles. The van der Waals surface area contributed by atoms with Gasteiger partial charge in [-0.25, -0.2) is 0 Å². The van der Waals surface area contributed by atoms with Gasteiger partial charge in [0.05, 0.1) is 5.69 Å². The molecular weight excluding hydrogens is 256 g/mol. The van der Waals surface area contributed by atoms with E-state index in [0.29, 0.717) is 6.04 Å². The van der Waals surface area contributed by atoms with Crippen molar-refractivity contribution in [2.24, 2.45) is 0 Å². The van der Waals surface area contributed by atoms with E-state index in [1.165, 1.54) is 10.5 Å². The Morgan fingerprint density at radius 1 is 1.37 bits per heavy atom. The maximum atomic E-state index is 5.07. The minimum atomic E-state index is 0.389. The van der Waals surface area contributed by atoms with Gasteiger partial charge in [0.2, 0.25) is 0 Å². The molecule has 0 saturated carbocycles. The molecule has 1 heterocycles. The van der Waals surface area contributed by atoms with Crippen LogP contribution in [-0.4, -0.2) is 11.7 Å². The smallest absolute Gasteiger partial charge is 0.133 e. The van der Waals surface area contributed by atoms with Crippen LogP contribution >= 0.6 is 11.8 Å². The third-order valence-electron chi connectivity index (χ3n) is 2.93. The standard InChI is InChI=1S/C15H20N2OS/c1-4-16-12(3)13-6-5-7-15(9-13)19-10-14-8-11(2)18-17-14/h5-9,12,16H,4,10H2,1-3H3. The summed E-state index contributed by atoms with van der Waals surface area (Å²) in [6.45, 7) is 7.22. The Morgan fingerprint density at radius 3 is 2.89 bits per heavy atom. The van der Waals surface area contributed by atoms with Gasteiger partial charge in [0.25, 0.3) is 0 Å². The van der Waals surface area contributed by atoms with E-state index in [1.807, 2.05) is 13.0 Å². The zero-order valence-electron chi connectivity index (χ0n) is 11.6. The van der Waals surface area contributed by atoms with Gasteiger partial charge in [-0.2, -0.15) is 0 Å². The average molecular weight is 276 g/mol. The molecule has 4 heteroatoms. The van der Waals surface area contributed by atoms with Crippen molar-refractivity contribution >= 4 is 11.8 Å². The molecule has 0 amide bonds. The molecule has 0 bridgehead atoms. The van der Waals surface area contributed by atoms with Crippen LogP contribution in [0.25, 0.3) is 0 Å². The van der Waals surface area contributed by atoms with Crippen LogP contribution in [-0.2, 0) is 5.75 Å². The Balaban J connectivity index is 1.98. The second-order valence-corrected chi connectivity index (χ2v) is 5.62. The van der Waals surface area contributed by atoms with Crippen molar-refractivity contribution in [1.29, 1.82) is 0 Å². The number of hydrogen-bond donors (Lipinski definition) is 1. The lowest BCUT2D eigenvalue weighted by Gasteiger charge is -2.13. The summed E-state index contributed by atoms with van der Waals surface area (Å²) in [6, 6.07) is 11.0. The van der Waals surface area contributed by atoms with E-state index < -0.39 is 0 Å². The second kappa shape index (κ2) is 6.78. The number of aromatic nitrogens is 1. The van der Waals surface area contributed by atoms with Crippen LogP contribution in [0.4, 0.5) is 0 Å². The largest absolute Gasteiger partial charge is 0.361 e. The Morgan fingerprint density at radius 2 is 2.21 bits per heavy atom. The summed E-state index contributed by atoms with van der Waals surface area (Å²) in [6.07, 6.45) is 0. The number of thioether (sulfide) groups is 1. The third-order valence-corrected chi connectivity index (χ3v) is 3.96. The van der Waals surface area contributed by atoms with Crippen LogP contribution in [0.5, 0.6) is 0 Å². The molecule has 3 nitrogen and oxygen atoms in total. The van der Waals surface area contributed by atoms with Gasteiger partial charge in [0.15, 0.2) is 0 Å². The summed E-state index contributed by atoms with van der Waals surface area (Å²) in [5, 5.41) is 7.44. The summed E-state index contributed by atoms with van der Waals surface area (Å²) < 4.78 is 5.07. The van der Waals surface area contributed by atoms with E-state index >= 15 is 0 Å². The third kappa shape index (κ3) is 4.11. The van der Waals surface area contributed by atoms with Crippen molar-refractivity contribution in [3.8, 4) is 0 Å². The molecule has 0 radical (unpaired) electrons. The van der Waals surface area contributed by atoms with Crippen LogP contribution in [0.15, 0.2) is 39.8 Å². The molecule has 0 saturated heterocycles. The first-order chi connectivity index (χ1) is 9.19. The van der Waals surface area contributed by atoms with Crippen LogP contribution in [0.2, 0.25) is 0 Å². The van der Waals surface area contributed by atoms with Gasteiger partial charge in [-0.3, -0.25) is 0 Å². The number of nitrogens with one attached hydrogen (secondary N) is 1. The zero-order chi connectivity index (χ0) is 13.7. The van der Waals surface area contributed by atoms with E-state index in [2.05, 4.69) is 48.6 Å². The molecule has 0 aliphatic carbocycles. The second-order valence-electron chi connectivity index (χ2n) is 4.57. The predicted octanol–water partition coefficient (Wildman–Crippen LogP) is 3.95. The predicted molar refractivity (Wildman–Crippen MR) is 79.3 cm³/mol. The maximum absolute atomic E-state index is 5.07. The summed E-state index contributed by atoms with van der Waals surface area (Å²) >= 11 is 1.79. The van der Waals surface area contributed by atoms with Crippen LogP contribution in [0, 0.1) is 6.92 Å².